The number of hydrogen-bond acceptors (Lipinski definition) is 6. The lowest BCUT2D eigenvalue weighted by Crippen LogP contribution is -2.33. The third-order valence-corrected chi connectivity index (χ3v) is 4.45. The van der Waals surface area contributed by atoms with Crippen LogP contribution < -0.4 is 4.74 Å². The fourth-order valence-electron chi connectivity index (χ4n) is 2.89. The van der Waals surface area contributed by atoms with Gasteiger partial charge < -0.3 is 14.4 Å². The Morgan fingerprint density at radius 3 is 2.65 bits per heavy atom. The van der Waals surface area contributed by atoms with Gasteiger partial charge in [0.25, 0.3) is 0 Å². The number of benzene rings is 2. The van der Waals surface area contributed by atoms with E-state index in [-0.39, 0.29) is 43.0 Å². The molecule has 0 aliphatic heterocycles. The first-order chi connectivity index (χ1) is 14.6. The summed E-state index contributed by atoms with van der Waals surface area (Å²) in [5, 5.41) is 14.0. The normalized spacial score (nSPS) is 12.9. The van der Waals surface area contributed by atoms with Crippen molar-refractivity contribution in [1.82, 2.24) is 15.0 Å². The first-order valence-electron chi connectivity index (χ1n) is 9.38. The minimum Gasteiger partial charge on any atom is -0.490 e. The molecule has 1 N–H and O–H groups in total. The number of aromatic nitrogens is 2. The summed E-state index contributed by atoms with van der Waals surface area (Å²) < 4.78 is 63.0. The van der Waals surface area contributed by atoms with Crippen LogP contribution in [0.4, 0.5) is 17.6 Å². The molecular weight excluding hydrogens is 418 g/mol. The molecule has 0 spiro atoms. The highest BCUT2D eigenvalue weighted by Gasteiger charge is 2.34. The molecule has 1 aromatic heterocycles. The maximum atomic E-state index is 13.7. The number of nitrogens with zero attached hydrogens (tertiary/aromatic N) is 3. The van der Waals surface area contributed by atoms with Crippen LogP contribution in [0.3, 0.4) is 0 Å². The number of rotatable bonds is 8. The van der Waals surface area contributed by atoms with E-state index in [9.17, 15) is 22.7 Å². The van der Waals surface area contributed by atoms with Crippen LogP contribution in [0.2, 0.25) is 0 Å². The number of aryl methyl sites for hydroxylation is 1. The van der Waals surface area contributed by atoms with Gasteiger partial charge in [-0.05, 0) is 37.7 Å². The van der Waals surface area contributed by atoms with Crippen molar-refractivity contribution in [1.29, 1.82) is 0 Å². The second-order valence-corrected chi connectivity index (χ2v) is 7.13. The lowest BCUT2D eigenvalue weighted by atomic mass is 10.1. The molecule has 0 bridgehead atoms. The Morgan fingerprint density at radius 2 is 1.94 bits per heavy atom. The standard InChI is InChI=1S/C21H21F4N3O3/c1-13-7-8-14(9-17(13)22)20-26-19(31-27-20)11-28(2)10-15(29)12-30-18-6-4-3-5-16(18)21(23,24)25/h3-9,15,29H,10-12H2,1-2H3. The number of aliphatic hydroxyl groups is 1. The van der Waals surface area contributed by atoms with Crippen LogP contribution in [-0.4, -0.2) is 46.5 Å². The van der Waals surface area contributed by atoms with Gasteiger partial charge in [-0.15, -0.1) is 0 Å². The van der Waals surface area contributed by atoms with Gasteiger partial charge in [0.05, 0.1) is 12.1 Å². The molecule has 1 heterocycles. The summed E-state index contributed by atoms with van der Waals surface area (Å²) in [6, 6.07) is 9.41. The van der Waals surface area contributed by atoms with Crippen molar-refractivity contribution in [2.24, 2.45) is 0 Å². The van der Waals surface area contributed by atoms with Crippen molar-refractivity contribution < 1.29 is 31.9 Å². The highest BCUT2D eigenvalue weighted by Crippen LogP contribution is 2.35. The predicted molar refractivity (Wildman–Crippen MR) is 104 cm³/mol. The molecular formula is C21H21F4N3O3. The fourth-order valence-corrected chi connectivity index (χ4v) is 2.89. The van der Waals surface area contributed by atoms with Crippen LogP contribution in [0.15, 0.2) is 47.0 Å². The minimum absolute atomic E-state index is 0.0884. The van der Waals surface area contributed by atoms with Gasteiger partial charge in [-0.25, -0.2) is 4.39 Å². The van der Waals surface area contributed by atoms with Gasteiger partial charge in [-0.1, -0.05) is 29.4 Å². The predicted octanol–water partition coefficient (Wildman–Crippen LogP) is 4.07. The van der Waals surface area contributed by atoms with E-state index in [1.165, 1.54) is 24.3 Å². The smallest absolute Gasteiger partial charge is 0.419 e. The van der Waals surface area contributed by atoms with E-state index in [4.69, 9.17) is 9.26 Å². The number of para-hydroxylation sites is 1. The van der Waals surface area contributed by atoms with E-state index in [0.29, 0.717) is 11.1 Å². The zero-order chi connectivity index (χ0) is 22.6. The van der Waals surface area contributed by atoms with Gasteiger partial charge in [0.1, 0.15) is 24.3 Å². The number of ether oxygens (including phenoxy) is 1. The summed E-state index contributed by atoms with van der Waals surface area (Å²) in [6.07, 6.45) is -5.60. The lowest BCUT2D eigenvalue weighted by Gasteiger charge is -2.20. The van der Waals surface area contributed by atoms with Crippen molar-refractivity contribution >= 4 is 0 Å². The highest BCUT2D eigenvalue weighted by atomic mass is 19.4. The average molecular weight is 439 g/mol. The fraction of sp³-hybridized carbons (Fsp3) is 0.333. The number of hydrogen-bond donors (Lipinski definition) is 1. The molecule has 0 radical (unpaired) electrons. The number of alkyl halides is 3. The molecule has 3 rings (SSSR count). The molecule has 166 valence electrons. The van der Waals surface area contributed by atoms with Gasteiger partial charge in [0.15, 0.2) is 0 Å². The summed E-state index contributed by atoms with van der Waals surface area (Å²) in [7, 11) is 1.67. The highest BCUT2D eigenvalue weighted by molar-refractivity contribution is 5.54. The van der Waals surface area contributed by atoms with E-state index in [0.717, 1.165) is 6.07 Å². The molecule has 10 heteroatoms. The topological polar surface area (TPSA) is 71.6 Å². The molecule has 6 nitrogen and oxygen atoms in total. The third-order valence-electron chi connectivity index (χ3n) is 4.45. The van der Waals surface area contributed by atoms with Crippen LogP contribution in [0.5, 0.6) is 5.75 Å². The molecule has 1 atom stereocenters. The summed E-state index contributed by atoms with van der Waals surface area (Å²) in [5.41, 5.74) is 0.0697. The first kappa shape index (κ1) is 22.7. The van der Waals surface area contributed by atoms with E-state index >= 15 is 0 Å². The Balaban J connectivity index is 1.54. The summed E-state index contributed by atoms with van der Waals surface area (Å²) in [4.78, 5) is 5.86. The first-order valence-corrected chi connectivity index (χ1v) is 9.38. The molecule has 0 fully saturated rings. The third kappa shape index (κ3) is 6.02. The monoisotopic (exact) mass is 439 g/mol. The van der Waals surface area contributed by atoms with Gasteiger partial charge >= 0.3 is 6.18 Å². The largest absolute Gasteiger partial charge is 0.490 e. The zero-order valence-corrected chi connectivity index (χ0v) is 16.9. The zero-order valence-electron chi connectivity index (χ0n) is 16.9. The van der Waals surface area contributed by atoms with E-state index in [1.807, 2.05) is 0 Å². The van der Waals surface area contributed by atoms with Crippen molar-refractivity contribution in [3.05, 3.63) is 65.3 Å². The van der Waals surface area contributed by atoms with E-state index in [1.54, 1.807) is 31.0 Å². The molecule has 0 saturated heterocycles. The Kier molecular flexibility index (Phi) is 6.91. The summed E-state index contributed by atoms with van der Waals surface area (Å²) in [5.74, 6) is -0.247. The van der Waals surface area contributed by atoms with Gasteiger partial charge in [-0.3, -0.25) is 4.90 Å². The van der Waals surface area contributed by atoms with Crippen LogP contribution >= 0.6 is 0 Å². The van der Waals surface area contributed by atoms with Crippen LogP contribution in [0.1, 0.15) is 17.0 Å². The lowest BCUT2D eigenvalue weighted by molar-refractivity contribution is -0.139. The minimum atomic E-state index is -4.55. The Hall–Kier alpha value is -2.98. The summed E-state index contributed by atoms with van der Waals surface area (Å²) >= 11 is 0. The Bertz CT molecular complexity index is 1020. The Morgan fingerprint density at radius 1 is 1.19 bits per heavy atom. The molecule has 3 aromatic rings. The van der Waals surface area contributed by atoms with Crippen LogP contribution in [0.25, 0.3) is 11.4 Å². The van der Waals surface area contributed by atoms with Gasteiger partial charge in [0.2, 0.25) is 11.7 Å². The molecule has 0 amide bonds. The maximum Gasteiger partial charge on any atom is 0.419 e. The van der Waals surface area contributed by atoms with Gasteiger partial charge in [-0.2, -0.15) is 18.2 Å². The van der Waals surface area contributed by atoms with Crippen LogP contribution in [-0.2, 0) is 12.7 Å². The number of aliphatic hydroxyl groups excluding tert-OH is 1. The van der Waals surface area contributed by atoms with Crippen LogP contribution in [0, 0.1) is 12.7 Å². The second-order valence-electron chi connectivity index (χ2n) is 7.13. The van der Waals surface area contributed by atoms with Crippen molar-refractivity contribution in [3.63, 3.8) is 0 Å². The quantitative estimate of drug-likeness (QED) is 0.534. The Labute approximate surface area is 176 Å². The summed E-state index contributed by atoms with van der Waals surface area (Å²) in [6.45, 7) is 1.59. The molecule has 31 heavy (non-hydrogen) atoms. The molecule has 0 aliphatic rings. The molecule has 2 aromatic carbocycles. The van der Waals surface area contributed by atoms with Crippen molar-refractivity contribution in [2.75, 3.05) is 20.2 Å². The molecule has 0 saturated carbocycles. The van der Waals surface area contributed by atoms with E-state index in [2.05, 4.69) is 10.1 Å². The van der Waals surface area contributed by atoms with Crippen molar-refractivity contribution in [2.45, 2.75) is 25.7 Å². The molecule has 1 unspecified atom stereocenters. The average Bonchev–Trinajstić information content (AvgIpc) is 3.16. The number of likely N-dealkylation sites (N-methyl/N-ethyl adjacent to an activating group) is 1. The van der Waals surface area contributed by atoms with E-state index < -0.39 is 17.8 Å². The van der Waals surface area contributed by atoms with Gasteiger partial charge in [0, 0.05) is 12.1 Å². The second kappa shape index (κ2) is 9.44. The number of halogens is 4. The SMILES string of the molecule is Cc1ccc(-c2noc(CN(C)CC(O)COc3ccccc3C(F)(F)F)n2)cc1F. The van der Waals surface area contributed by atoms with Crippen molar-refractivity contribution in [3.8, 4) is 17.1 Å². The maximum absolute atomic E-state index is 13.7. The molecule has 0 aliphatic carbocycles.